The number of furan rings is 1. The summed E-state index contributed by atoms with van der Waals surface area (Å²) < 4.78 is 6.21. The molecular weight excluding hydrogens is 526 g/mol. The molecule has 2 unspecified atom stereocenters. The fourth-order valence-corrected chi connectivity index (χ4v) is 6.02. The Morgan fingerprint density at radius 1 is 0.488 bits per heavy atom. The molecule has 0 spiro atoms. The Bertz CT molecular complexity index is 2060. The van der Waals surface area contributed by atoms with Crippen molar-refractivity contribution in [3.8, 4) is 22.3 Å². The Kier molecular flexibility index (Phi) is 6.32. The SMILES string of the molecule is c1ccc(C2=NC(c3ccc(-c4ccc(-c5ccccc5)cc4)cc3)NC(c3cccc4oc5ccccc5c34)N2)cc1. The van der Waals surface area contributed by atoms with E-state index in [0.29, 0.717) is 0 Å². The van der Waals surface area contributed by atoms with E-state index in [1.54, 1.807) is 0 Å². The summed E-state index contributed by atoms with van der Waals surface area (Å²) in [4.78, 5) is 5.15. The first kappa shape index (κ1) is 25.3. The van der Waals surface area contributed by atoms with E-state index >= 15 is 0 Å². The van der Waals surface area contributed by atoms with Crippen LogP contribution in [0.15, 0.2) is 161 Å². The quantitative estimate of drug-likeness (QED) is 0.223. The average molecular weight is 556 g/mol. The lowest BCUT2D eigenvalue weighted by molar-refractivity contribution is 0.411. The molecule has 206 valence electrons. The number of aliphatic imine (C=N–C) groups is 1. The summed E-state index contributed by atoms with van der Waals surface area (Å²) >= 11 is 0. The van der Waals surface area contributed by atoms with Gasteiger partial charge in [-0.25, -0.2) is 4.99 Å². The molecule has 43 heavy (non-hydrogen) atoms. The molecule has 4 heteroatoms. The van der Waals surface area contributed by atoms with Crippen LogP contribution in [0.2, 0.25) is 0 Å². The van der Waals surface area contributed by atoms with Gasteiger partial charge in [-0.3, -0.25) is 5.32 Å². The number of para-hydroxylation sites is 1. The van der Waals surface area contributed by atoms with Crippen LogP contribution in [-0.4, -0.2) is 5.84 Å². The lowest BCUT2D eigenvalue weighted by atomic mass is 9.98. The smallest absolute Gasteiger partial charge is 0.135 e. The molecule has 2 N–H and O–H groups in total. The largest absolute Gasteiger partial charge is 0.456 e. The van der Waals surface area contributed by atoms with Crippen molar-refractivity contribution in [2.45, 2.75) is 12.3 Å². The van der Waals surface area contributed by atoms with Crippen LogP contribution < -0.4 is 10.6 Å². The molecule has 8 rings (SSSR count). The van der Waals surface area contributed by atoms with Gasteiger partial charge in [0.25, 0.3) is 0 Å². The Hall–Kier alpha value is -5.45. The molecule has 2 heterocycles. The van der Waals surface area contributed by atoms with E-state index in [1.165, 1.54) is 22.3 Å². The monoisotopic (exact) mass is 555 g/mol. The second-order valence-corrected chi connectivity index (χ2v) is 10.9. The molecular formula is C39H29N3O. The molecule has 0 aliphatic carbocycles. The highest BCUT2D eigenvalue weighted by Gasteiger charge is 2.27. The predicted octanol–water partition coefficient (Wildman–Crippen LogP) is 9.26. The van der Waals surface area contributed by atoms with Gasteiger partial charge >= 0.3 is 0 Å². The molecule has 7 aromatic rings. The van der Waals surface area contributed by atoms with Crippen molar-refractivity contribution in [1.82, 2.24) is 10.6 Å². The second-order valence-electron chi connectivity index (χ2n) is 10.9. The normalized spacial score (nSPS) is 16.6. The topological polar surface area (TPSA) is 49.6 Å². The van der Waals surface area contributed by atoms with E-state index in [0.717, 1.165) is 44.5 Å². The van der Waals surface area contributed by atoms with E-state index < -0.39 is 0 Å². The third-order valence-electron chi connectivity index (χ3n) is 8.21. The van der Waals surface area contributed by atoms with Crippen LogP contribution in [0.4, 0.5) is 0 Å². The van der Waals surface area contributed by atoms with Gasteiger partial charge in [-0.2, -0.15) is 0 Å². The fourth-order valence-electron chi connectivity index (χ4n) is 6.02. The van der Waals surface area contributed by atoms with Crippen LogP contribution in [0.3, 0.4) is 0 Å². The summed E-state index contributed by atoms with van der Waals surface area (Å²) in [5.41, 5.74) is 9.87. The zero-order valence-corrected chi connectivity index (χ0v) is 23.4. The van der Waals surface area contributed by atoms with Crippen molar-refractivity contribution >= 4 is 27.8 Å². The van der Waals surface area contributed by atoms with Crippen molar-refractivity contribution in [3.63, 3.8) is 0 Å². The van der Waals surface area contributed by atoms with Gasteiger partial charge < -0.3 is 9.73 Å². The highest BCUT2D eigenvalue weighted by Crippen LogP contribution is 2.36. The number of benzene rings is 6. The molecule has 0 bridgehead atoms. The summed E-state index contributed by atoms with van der Waals surface area (Å²) in [5, 5.41) is 9.69. The van der Waals surface area contributed by atoms with Crippen molar-refractivity contribution in [1.29, 1.82) is 0 Å². The maximum atomic E-state index is 6.21. The number of nitrogens with zero attached hydrogens (tertiary/aromatic N) is 1. The zero-order chi connectivity index (χ0) is 28.6. The number of amidine groups is 1. The minimum absolute atomic E-state index is 0.174. The molecule has 0 saturated carbocycles. The maximum Gasteiger partial charge on any atom is 0.135 e. The van der Waals surface area contributed by atoms with Crippen LogP contribution in [-0.2, 0) is 0 Å². The molecule has 6 aromatic carbocycles. The first-order valence-corrected chi connectivity index (χ1v) is 14.6. The molecule has 4 nitrogen and oxygen atoms in total. The Morgan fingerprint density at radius 3 is 1.74 bits per heavy atom. The molecule has 2 atom stereocenters. The number of hydrogen-bond acceptors (Lipinski definition) is 4. The maximum absolute atomic E-state index is 6.21. The molecule has 0 fully saturated rings. The van der Waals surface area contributed by atoms with Gasteiger partial charge in [0.1, 0.15) is 29.3 Å². The van der Waals surface area contributed by atoms with E-state index in [1.807, 2.05) is 42.5 Å². The molecule has 1 aliphatic heterocycles. The zero-order valence-electron chi connectivity index (χ0n) is 23.4. The Labute approximate surface area is 250 Å². The molecule has 0 saturated heterocycles. The fraction of sp³-hybridized carbons (Fsp3) is 0.0513. The molecule has 1 aliphatic rings. The Balaban J connectivity index is 1.14. The third-order valence-corrected chi connectivity index (χ3v) is 8.21. The average Bonchev–Trinajstić information content (AvgIpc) is 3.48. The van der Waals surface area contributed by atoms with Gasteiger partial charge in [-0.05, 0) is 39.9 Å². The standard InChI is InChI=1S/C39H29N3O/c1-3-10-26(11-4-1)27-18-20-28(21-19-27)29-22-24-31(25-23-29)38-40-37(30-12-5-2-6-13-30)41-39(42-38)33-15-9-17-35-36(33)32-14-7-8-16-34(32)43-35/h1-25,38-39,42H,(H,40,41). The Morgan fingerprint density at radius 2 is 1.05 bits per heavy atom. The molecule has 0 radical (unpaired) electrons. The highest BCUT2D eigenvalue weighted by atomic mass is 16.3. The first-order valence-electron chi connectivity index (χ1n) is 14.6. The van der Waals surface area contributed by atoms with Gasteiger partial charge in [0, 0.05) is 21.9 Å². The molecule has 0 amide bonds. The van der Waals surface area contributed by atoms with Crippen LogP contribution in [0.25, 0.3) is 44.2 Å². The summed E-state index contributed by atoms with van der Waals surface area (Å²) in [7, 11) is 0. The number of hydrogen-bond donors (Lipinski definition) is 2. The second kappa shape index (κ2) is 10.8. The summed E-state index contributed by atoms with van der Waals surface area (Å²) in [5.74, 6) is 0.861. The van der Waals surface area contributed by atoms with Crippen LogP contribution in [0.1, 0.15) is 29.0 Å². The van der Waals surface area contributed by atoms with Gasteiger partial charge in [-0.15, -0.1) is 0 Å². The van der Waals surface area contributed by atoms with E-state index in [9.17, 15) is 0 Å². The van der Waals surface area contributed by atoms with Gasteiger partial charge in [0.2, 0.25) is 0 Å². The van der Waals surface area contributed by atoms with E-state index in [-0.39, 0.29) is 12.3 Å². The minimum atomic E-state index is -0.232. The highest BCUT2D eigenvalue weighted by molar-refractivity contribution is 6.07. The van der Waals surface area contributed by atoms with Crippen LogP contribution >= 0.6 is 0 Å². The lowest BCUT2D eigenvalue weighted by Crippen LogP contribution is -2.45. The molecule has 1 aromatic heterocycles. The van der Waals surface area contributed by atoms with Gasteiger partial charge in [0.15, 0.2) is 0 Å². The lowest BCUT2D eigenvalue weighted by Gasteiger charge is -2.32. The third kappa shape index (κ3) is 4.78. The minimum Gasteiger partial charge on any atom is -0.456 e. The van der Waals surface area contributed by atoms with E-state index in [2.05, 4.69) is 120 Å². The predicted molar refractivity (Wildman–Crippen MR) is 176 cm³/mol. The summed E-state index contributed by atoms with van der Waals surface area (Å²) in [6, 6.07) is 52.8. The van der Waals surface area contributed by atoms with Crippen LogP contribution in [0, 0.1) is 0 Å². The van der Waals surface area contributed by atoms with Gasteiger partial charge in [-0.1, -0.05) is 140 Å². The van der Waals surface area contributed by atoms with E-state index in [4.69, 9.17) is 9.41 Å². The van der Waals surface area contributed by atoms with Crippen molar-refractivity contribution in [2.75, 3.05) is 0 Å². The summed E-state index contributed by atoms with van der Waals surface area (Å²) in [6.45, 7) is 0. The van der Waals surface area contributed by atoms with Crippen molar-refractivity contribution < 1.29 is 4.42 Å². The number of rotatable bonds is 5. The number of fused-ring (bicyclic) bond motifs is 3. The number of nitrogens with one attached hydrogen (secondary N) is 2. The van der Waals surface area contributed by atoms with Crippen LogP contribution in [0.5, 0.6) is 0 Å². The van der Waals surface area contributed by atoms with Crippen molar-refractivity contribution in [3.05, 3.63) is 168 Å². The summed E-state index contributed by atoms with van der Waals surface area (Å²) in [6.07, 6.45) is -0.406. The first-order chi connectivity index (χ1) is 21.3. The van der Waals surface area contributed by atoms with Crippen molar-refractivity contribution in [2.24, 2.45) is 4.99 Å². The van der Waals surface area contributed by atoms with Gasteiger partial charge in [0.05, 0.1) is 0 Å².